The number of hydrogen-bond acceptors (Lipinski definition) is 2. The van der Waals surface area contributed by atoms with Crippen molar-refractivity contribution in [3.63, 3.8) is 0 Å². The fourth-order valence-electron chi connectivity index (χ4n) is 1.50. The van der Waals surface area contributed by atoms with Gasteiger partial charge < -0.3 is 5.11 Å². The van der Waals surface area contributed by atoms with Gasteiger partial charge in [-0.15, -0.1) is 0 Å². The van der Waals surface area contributed by atoms with Crippen molar-refractivity contribution in [3.05, 3.63) is 34.1 Å². The third-order valence-electron chi connectivity index (χ3n) is 2.16. The quantitative estimate of drug-likeness (QED) is 0.858. The molecule has 0 bridgehead atoms. The van der Waals surface area contributed by atoms with Crippen molar-refractivity contribution in [1.82, 2.24) is 0 Å². The third-order valence-corrected chi connectivity index (χ3v) is 4.14. The van der Waals surface area contributed by atoms with Gasteiger partial charge in [0.15, 0.2) is 0 Å². The maximum Gasteiger partial charge on any atom is 0.124 e. The lowest BCUT2D eigenvalue weighted by molar-refractivity contribution is 0.200. The summed E-state index contributed by atoms with van der Waals surface area (Å²) in [4.78, 5) is 0. The summed E-state index contributed by atoms with van der Waals surface area (Å²) in [6.07, 6.45) is 0.0917. The summed E-state index contributed by atoms with van der Waals surface area (Å²) >= 11 is 4.99. The molecule has 0 aliphatic carbocycles. The molecule has 1 aromatic carbocycles. The van der Waals surface area contributed by atoms with E-state index in [1.165, 1.54) is 12.1 Å². The summed E-state index contributed by atoms with van der Waals surface area (Å²) < 4.78 is 13.8. The van der Waals surface area contributed by atoms with Crippen LogP contribution in [0, 0.1) is 11.7 Å². The van der Waals surface area contributed by atoms with Crippen molar-refractivity contribution >= 4 is 27.7 Å². The molecule has 0 amide bonds. The second-order valence-electron chi connectivity index (χ2n) is 4.57. The predicted octanol–water partition coefficient (Wildman–Crippen LogP) is 3.88. The van der Waals surface area contributed by atoms with E-state index in [4.69, 9.17) is 0 Å². The van der Waals surface area contributed by atoms with Gasteiger partial charge in [0.1, 0.15) is 5.82 Å². The Bertz CT molecular complexity index is 337. The van der Waals surface area contributed by atoms with Crippen LogP contribution in [0.15, 0.2) is 22.7 Å². The lowest BCUT2D eigenvalue weighted by atomic mass is 10.1. The minimum Gasteiger partial charge on any atom is -0.392 e. The molecular weight excluding hydrogens is 303 g/mol. The molecule has 1 rings (SSSR count). The van der Waals surface area contributed by atoms with E-state index in [-0.39, 0.29) is 5.82 Å². The Morgan fingerprint density at radius 2 is 2.00 bits per heavy atom. The molecule has 0 aliphatic rings. The molecule has 0 aromatic heterocycles. The van der Waals surface area contributed by atoms with E-state index in [0.717, 1.165) is 15.8 Å². The maximum atomic E-state index is 13.1. The van der Waals surface area contributed by atoms with Crippen LogP contribution in [0.4, 0.5) is 4.39 Å². The first-order valence-corrected chi connectivity index (χ1v) is 7.63. The van der Waals surface area contributed by atoms with Crippen LogP contribution in [-0.4, -0.2) is 22.7 Å². The first kappa shape index (κ1) is 15.0. The smallest absolute Gasteiger partial charge is 0.124 e. The number of rotatable bonds is 6. The van der Waals surface area contributed by atoms with Gasteiger partial charge in [0.25, 0.3) is 0 Å². The van der Waals surface area contributed by atoms with Crippen LogP contribution in [0.3, 0.4) is 0 Å². The highest BCUT2D eigenvalue weighted by Gasteiger charge is 2.08. The van der Waals surface area contributed by atoms with Crippen LogP contribution in [0.5, 0.6) is 0 Å². The van der Waals surface area contributed by atoms with E-state index in [9.17, 15) is 9.50 Å². The average molecular weight is 321 g/mol. The van der Waals surface area contributed by atoms with Crippen LogP contribution in [0.25, 0.3) is 0 Å². The van der Waals surface area contributed by atoms with Gasteiger partial charge in [0.05, 0.1) is 6.10 Å². The lowest BCUT2D eigenvalue weighted by Gasteiger charge is -2.11. The van der Waals surface area contributed by atoms with Gasteiger partial charge in [0, 0.05) is 10.2 Å². The third kappa shape index (κ3) is 6.43. The fourth-order valence-corrected chi connectivity index (χ4v) is 3.01. The van der Waals surface area contributed by atoms with Crippen molar-refractivity contribution in [2.24, 2.45) is 5.92 Å². The SMILES string of the molecule is CC(C)CSCC(O)Cc1cc(F)cc(Br)c1. The summed E-state index contributed by atoms with van der Waals surface area (Å²) in [5.41, 5.74) is 0.828. The van der Waals surface area contributed by atoms with Gasteiger partial charge in [-0.3, -0.25) is 0 Å². The Balaban J connectivity index is 2.42. The van der Waals surface area contributed by atoms with E-state index < -0.39 is 6.10 Å². The van der Waals surface area contributed by atoms with Gasteiger partial charge in [-0.1, -0.05) is 29.8 Å². The van der Waals surface area contributed by atoms with Crippen molar-refractivity contribution in [3.8, 4) is 0 Å². The largest absolute Gasteiger partial charge is 0.392 e. The normalized spacial score (nSPS) is 13.1. The summed E-state index contributed by atoms with van der Waals surface area (Å²) in [5.74, 6) is 2.11. The standard InChI is InChI=1S/C13H18BrFOS/c1-9(2)7-17-8-13(16)5-10-3-11(14)6-12(15)4-10/h3-4,6,9,13,16H,5,7-8H2,1-2H3. The number of thioether (sulfide) groups is 1. The highest BCUT2D eigenvalue weighted by Crippen LogP contribution is 2.17. The Kier molecular flexibility index (Phi) is 6.52. The highest BCUT2D eigenvalue weighted by molar-refractivity contribution is 9.10. The number of benzene rings is 1. The summed E-state index contributed by atoms with van der Waals surface area (Å²) in [5, 5.41) is 9.84. The highest BCUT2D eigenvalue weighted by atomic mass is 79.9. The summed E-state index contributed by atoms with van der Waals surface area (Å²) in [7, 11) is 0. The molecular formula is C13H18BrFOS. The average Bonchev–Trinajstić information content (AvgIpc) is 2.14. The molecule has 0 aliphatic heterocycles. The Labute approximate surface area is 115 Å². The number of aliphatic hydroxyl groups excluding tert-OH is 1. The van der Waals surface area contributed by atoms with E-state index in [2.05, 4.69) is 29.8 Å². The summed E-state index contributed by atoms with van der Waals surface area (Å²) in [6.45, 7) is 4.31. The molecule has 0 heterocycles. The van der Waals surface area contributed by atoms with Crippen molar-refractivity contribution in [2.75, 3.05) is 11.5 Å². The molecule has 0 radical (unpaired) electrons. The number of hydrogen-bond donors (Lipinski definition) is 1. The topological polar surface area (TPSA) is 20.2 Å². The Morgan fingerprint density at radius 3 is 2.59 bits per heavy atom. The van der Waals surface area contributed by atoms with E-state index in [0.29, 0.717) is 18.1 Å². The van der Waals surface area contributed by atoms with Gasteiger partial charge in [-0.25, -0.2) is 4.39 Å². The zero-order chi connectivity index (χ0) is 12.8. The molecule has 1 unspecified atom stereocenters. The van der Waals surface area contributed by atoms with Gasteiger partial charge in [0.2, 0.25) is 0 Å². The van der Waals surface area contributed by atoms with E-state index >= 15 is 0 Å². The first-order chi connectivity index (χ1) is 7.97. The van der Waals surface area contributed by atoms with Crippen LogP contribution in [-0.2, 0) is 6.42 Å². The molecule has 1 aromatic rings. The molecule has 0 spiro atoms. The zero-order valence-corrected chi connectivity index (χ0v) is 12.5. The molecule has 17 heavy (non-hydrogen) atoms. The Hall–Kier alpha value is -0.0600. The molecule has 1 atom stereocenters. The minimum absolute atomic E-state index is 0.267. The monoisotopic (exact) mass is 320 g/mol. The van der Waals surface area contributed by atoms with Crippen LogP contribution >= 0.6 is 27.7 Å². The zero-order valence-electron chi connectivity index (χ0n) is 10.1. The molecule has 0 saturated heterocycles. The lowest BCUT2D eigenvalue weighted by Crippen LogP contribution is -2.14. The molecule has 4 heteroatoms. The van der Waals surface area contributed by atoms with E-state index in [1.807, 2.05) is 6.07 Å². The van der Waals surface area contributed by atoms with Crippen LogP contribution < -0.4 is 0 Å². The van der Waals surface area contributed by atoms with Crippen molar-refractivity contribution in [2.45, 2.75) is 26.4 Å². The second-order valence-corrected chi connectivity index (χ2v) is 6.56. The Morgan fingerprint density at radius 1 is 1.29 bits per heavy atom. The van der Waals surface area contributed by atoms with Gasteiger partial charge >= 0.3 is 0 Å². The van der Waals surface area contributed by atoms with Crippen molar-refractivity contribution < 1.29 is 9.50 Å². The summed E-state index contributed by atoms with van der Waals surface area (Å²) in [6, 6.07) is 4.74. The first-order valence-electron chi connectivity index (χ1n) is 5.68. The van der Waals surface area contributed by atoms with Crippen LogP contribution in [0.1, 0.15) is 19.4 Å². The molecule has 96 valence electrons. The molecule has 0 fully saturated rings. The van der Waals surface area contributed by atoms with Crippen molar-refractivity contribution in [1.29, 1.82) is 0 Å². The second kappa shape index (κ2) is 7.39. The minimum atomic E-state index is -0.410. The molecule has 1 N–H and O–H groups in total. The number of halogens is 2. The number of aliphatic hydroxyl groups is 1. The van der Waals surface area contributed by atoms with Gasteiger partial charge in [-0.2, -0.15) is 11.8 Å². The maximum absolute atomic E-state index is 13.1. The van der Waals surface area contributed by atoms with Crippen LogP contribution in [0.2, 0.25) is 0 Å². The fraction of sp³-hybridized carbons (Fsp3) is 0.538. The predicted molar refractivity (Wildman–Crippen MR) is 76.0 cm³/mol. The van der Waals surface area contributed by atoms with E-state index in [1.54, 1.807) is 11.8 Å². The van der Waals surface area contributed by atoms with Gasteiger partial charge in [-0.05, 0) is 41.9 Å². The molecule has 1 nitrogen and oxygen atoms in total. The molecule has 0 saturated carbocycles.